The maximum absolute atomic E-state index is 14.4. The van der Waals surface area contributed by atoms with Gasteiger partial charge in [-0.05, 0) is 97.2 Å². The van der Waals surface area contributed by atoms with Gasteiger partial charge in [-0.1, -0.05) is 12.1 Å². The zero-order chi connectivity index (χ0) is 33.7. The normalized spacial score (nSPS) is 17.0. The molecule has 47 heavy (non-hydrogen) atoms. The standard InChI is InChI=1S/C36H44FN5O5/c1-22(2)42(23(3)4)33(43)27-15-25(37)11-12-31(27)46-32-29(13-14-38-39-32)41-20-36(21-41)16-26(17-36)45-30-10-8-9-24-18-40(19-28(24)30)34(44)47-35(5,6)7/h8-15,22-23,26H,16-21H2,1-7H3. The van der Waals surface area contributed by atoms with Crippen molar-refractivity contribution in [1.29, 1.82) is 0 Å². The Morgan fingerprint density at radius 1 is 1.00 bits per heavy atom. The van der Waals surface area contributed by atoms with E-state index in [1.807, 2.05) is 72.7 Å². The molecule has 1 saturated carbocycles. The van der Waals surface area contributed by atoms with Gasteiger partial charge in [0.2, 0.25) is 0 Å². The van der Waals surface area contributed by atoms with Crippen molar-refractivity contribution in [2.45, 2.75) is 98.2 Å². The first kappa shape index (κ1) is 32.5. The molecule has 2 amide bonds. The fraction of sp³-hybridized carbons (Fsp3) is 0.500. The van der Waals surface area contributed by atoms with Crippen LogP contribution in [-0.2, 0) is 17.8 Å². The summed E-state index contributed by atoms with van der Waals surface area (Å²) >= 11 is 0. The number of hydrogen-bond donors (Lipinski definition) is 0. The molecule has 6 rings (SSSR count). The summed E-state index contributed by atoms with van der Waals surface area (Å²) in [4.78, 5) is 31.8. The van der Waals surface area contributed by atoms with Crippen molar-refractivity contribution in [1.82, 2.24) is 20.0 Å². The van der Waals surface area contributed by atoms with Crippen LogP contribution < -0.4 is 14.4 Å². The number of ether oxygens (including phenoxy) is 3. The van der Waals surface area contributed by atoms with E-state index in [-0.39, 0.29) is 52.8 Å². The molecule has 11 heteroatoms. The molecular weight excluding hydrogens is 601 g/mol. The highest BCUT2D eigenvalue weighted by Crippen LogP contribution is 2.52. The summed E-state index contributed by atoms with van der Waals surface area (Å²) in [6, 6.07) is 11.7. The van der Waals surface area contributed by atoms with E-state index in [9.17, 15) is 14.0 Å². The maximum Gasteiger partial charge on any atom is 0.410 e. The molecule has 1 saturated heterocycles. The average molecular weight is 646 g/mol. The highest BCUT2D eigenvalue weighted by atomic mass is 19.1. The number of carbonyl (C=O) groups excluding carboxylic acids is 2. The average Bonchev–Trinajstić information content (AvgIpc) is 3.39. The zero-order valence-corrected chi connectivity index (χ0v) is 28.2. The number of amides is 2. The molecule has 1 aliphatic carbocycles. The molecule has 3 aromatic rings. The van der Waals surface area contributed by atoms with Gasteiger partial charge >= 0.3 is 6.09 Å². The van der Waals surface area contributed by atoms with Gasteiger partial charge in [-0.25, -0.2) is 9.18 Å². The molecule has 10 nitrogen and oxygen atoms in total. The molecule has 0 bridgehead atoms. The number of nitrogens with zero attached hydrogens (tertiary/aromatic N) is 5. The van der Waals surface area contributed by atoms with Crippen LogP contribution in [0, 0.1) is 11.2 Å². The first-order valence-corrected chi connectivity index (χ1v) is 16.3. The number of rotatable bonds is 8. The van der Waals surface area contributed by atoms with Crippen LogP contribution in [0.3, 0.4) is 0 Å². The highest BCUT2D eigenvalue weighted by Gasteiger charge is 2.54. The van der Waals surface area contributed by atoms with Gasteiger partial charge in [0, 0.05) is 42.7 Å². The molecule has 250 valence electrons. The van der Waals surface area contributed by atoms with Gasteiger partial charge in [-0.3, -0.25) is 9.69 Å². The zero-order valence-electron chi connectivity index (χ0n) is 28.2. The van der Waals surface area contributed by atoms with Crippen molar-refractivity contribution in [2.24, 2.45) is 5.41 Å². The summed E-state index contributed by atoms with van der Waals surface area (Å²) in [5.74, 6) is 0.513. The van der Waals surface area contributed by atoms with Gasteiger partial charge in [0.1, 0.15) is 34.7 Å². The lowest BCUT2D eigenvalue weighted by molar-refractivity contribution is -0.0346. The molecule has 2 aliphatic heterocycles. The number of anilines is 1. The fourth-order valence-corrected chi connectivity index (χ4v) is 7.01. The second-order valence-electron chi connectivity index (χ2n) is 14.6. The predicted octanol–water partition coefficient (Wildman–Crippen LogP) is 6.97. The molecule has 1 aromatic heterocycles. The Morgan fingerprint density at radius 2 is 1.72 bits per heavy atom. The molecular formula is C36H44FN5O5. The van der Waals surface area contributed by atoms with Gasteiger partial charge in [-0.2, -0.15) is 5.10 Å². The minimum Gasteiger partial charge on any atom is -0.490 e. The van der Waals surface area contributed by atoms with E-state index >= 15 is 0 Å². The minimum absolute atomic E-state index is 0.0759. The molecule has 0 N–H and O–H groups in total. The largest absolute Gasteiger partial charge is 0.490 e. The van der Waals surface area contributed by atoms with Gasteiger partial charge in [0.15, 0.2) is 0 Å². The van der Waals surface area contributed by atoms with Crippen LogP contribution in [0.25, 0.3) is 0 Å². The lowest BCUT2D eigenvalue weighted by atomic mass is 9.61. The van der Waals surface area contributed by atoms with Crippen molar-refractivity contribution < 1.29 is 28.2 Å². The number of fused-ring (bicyclic) bond motifs is 1. The van der Waals surface area contributed by atoms with Crippen LogP contribution in [0.15, 0.2) is 48.7 Å². The lowest BCUT2D eigenvalue weighted by Gasteiger charge is -2.59. The third-order valence-corrected chi connectivity index (χ3v) is 8.99. The van der Waals surface area contributed by atoms with Crippen LogP contribution in [0.4, 0.5) is 14.9 Å². The molecule has 3 heterocycles. The number of carbonyl (C=O) groups is 2. The van der Waals surface area contributed by atoms with E-state index in [1.54, 1.807) is 16.0 Å². The third kappa shape index (κ3) is 6.71. The summed E-state index contributed by atoms with van der Waals surface area (Å²) in [5.41, 5.74) is 2.62. The summed E-state index contributed by atoms with van der Waals surface area (Å²) in [7, 11) is 0. The Hall–Kier alpha value is -4.41. The first-order valence-electron chi connectivity index (χ1n) is 16.3. The van der Waals surface area contributed by atoms with Crippen LogP contribution in [0.2, 0.25) is 0 Å². The molecule has 2 aromatic carbocycles. The fourth-order valence-electron chi connectivity index (χ4n) is 7.01. The summed E-state index contributed by atoms with van der Waals surface area (Å²) in [6.07, 6.45) is 3.21. The van der Waals surface area contributed by atoms with E-state index in [2.05, 4.69) is 15.1 Å². The van der Waals surface area contributed by atoms with Crippen molar-refractivity contribution in [3.8, 4) is 17.4 Å². The van der Waals surface area contributed by atoms with Gasteiger partial charge < -0.3 is 24.0 Å². The second-order valence-corrected chi connectivity index (χ2v) is 14.6. The Kier molecular flexibility index (Phi) is 8.52. The second kappa shape index (κ2) is 12.3. The van der Waals surface area contributed by atoms with Crippen LogP contribution >= 0.6 is 0 Å². The van der Waals surface area contributed by atoms with Crippen molar-refractivity contribution in [3.05, 3.63) is 71.2 Å². The molecule has 0 radical (unpaired) electrons. The molecule has 2 fully saturated rings. The maximum atomic E-state index is 14.4. The molecule has 3 aliphatic rings. The number of hydrogen-bond acceptors (Lipinski definition) is 8. The van der Waals surface area contributed by atoms with Gasteiger partial charge in [-0.15, -0.1) is 5.10 Å². The van der Waals surface area contributed by atoms with Crippen molar-refractivity contribution in [3.63, 3.8) is 0 Å². The number of halogens is 1. The van der Waals surface area contributed by atoms with E-state index in [4.69, 9.17) is 14.2 Å². The molecule has 0 atom stereocenters. The first-order chi connectivity index (χ1) is 22.2. The monoisotopic (exact) mass is 645 g/mol. The van der Waals surface area contributed by atoms with Crippen LogP contribution in [0.1, 0.15) is 82.8 Å². The summed E-state index contributed by atoms with van der Waals surface area (Å²) in [5, 5.41) is 8.29. The van der Waals surface area contributed by atoms with E-state index in [1.165, 1.54) is 18.2 Å². The van der Waals surface area contributed by atoms with Crippen molar-refractivity contribution in [2.75, 3.05) is 18.0 Å². The van der Waals surface area contributed by atoms with E-state index < -0.39 is 11.4 Å². The Bertz CT molecular complexity index is 1650. The Labute approximate surface area is 275 Å². The Morgan fingerprint density at radius 3 is 2.40 bits per heavy atom. The predicted molar refractivity (Wildman–Crippen MR) is 175 cm³/mol. The topological polar surface area (TPSA) is 97.3 Å². The van der Waals surface area contributed by atoms with Crippen LogP contribution in [0.5, 0.6) is 17.4 Å². The minimum atomic E-state index is -0.548. The van der Waals surface area contributed by atoms with E-state index in [0.29, 0.717) is 13.1 Å². The van der Waals surface area contributed by atoms with Crippen molar-refractivity contribution >= 4 is 17.7 Å². The molecule has 1 spiro atoms. The highest BCUT2D eigenvalue weighted by molar-refractivity contribution is 5.97. The quantitative estimate of drug-likeness (QED) is 0.259. The number of aromatic nitrogens is 2. The van der Waals surface area contributed by atoms with E-state index in [0.717, 1.165) is 48.5 Å². The van der Waals surface area contributed by atoms with Crippen LogP contribution in [-0.4, -0.2) is 68.9 Å². The van der Waals surface area contributed by atoms with Gasteiger partial charge in [0.05, 0.1) is 18.3 Å². The lowest BCUT2D eigenvalue weighted by Crippen LogP contribution is -2.65. The Balaban J connectivity index is 1.09. The smallest absolute Gasteiger partial charge is 0.410 e. The third-order valence-electron chi connectivity index (χ3n) is 8.99. The molecule has 0 unspecified atom stereocenters. The van der Waals surface area contributed by atoms with Gasteiger partial charge in [0.25, 0.3) is 11.8 Å². The summed E-state index contributed by atoms with van der Waals surface area (Å²) in [6.45, 7) is 15.9. The SMILES string of the molecule is CC(C)N(C(=O)c1cc(F)ccc1Oc1nnccc1N1CC2(CC(Oc3cccc4c3CN(C(=O)OC(C)(C)C)C4)C2)C1)C(C)C. The number of benzene rings is 2. The summed E-state index contributed by atoms with van der Waals surface area (Å²) < 4.78 is 32.6.